The van der Waals surface area contributed by atoms with Crippen LogP contribution < -0.4 is 5.56 Å². The molecule has 17 heavy (non-hydrogen) atoms. The summed E-state index contributed by atoms with van der Waals surface area (Å²) >= 11 is 0. The summed E-state index contributed by atoms with van der Waals surface area (Å²) in [6, 6.07) is 2.98. The maximum absolute atomic E-state index is 11.8. The molecule has 2 bridgehead atoms. The van der Waals surface area contributed by atoms with Crippen LogP contribution in [0, 0.1) is 11.8 Å². The lowest BCUT2D eigenvalue weighted by molar-refractivity contribution is 0.0695. The fourth-order valence-electron chi connectivity index (χ4n) is 3.44. The summed E-state index contributed by atoms with van der Waals surface area (Å²) < 4.78 is 1.65. The second kappa shape index (κ2) is 3.72. The Balaban J connectivity index is 1.99. The molecule has 2 aliphatic carbocycles. The van der Waals surface area contributed by atoms with Crippen molar-refractivity contribution in [2.75, 3.05) is 0 Å². The Kier molecular flexibility index (Phi) is 2.31. The minimum absolute atomic E-state index is 0.0763. The number of carbonyl (C=O) groups is 1. The maximum Gasteiger partial charge on any atom is 0.337 e. The number of hydrogen-bond acceptors (Lipinski definition) is 2. The molecule has 0 radical (unpaired) electrons. The van der Waals surface area contributed by atoms with Crippen molar-refractivity contribution in [3.8, 4) is 0 Å². The Hall–Kier alpha value is -1.58. The van der Waals surface area contributed by atoms with Gasteiger partial charge in [0.05, 0.1) is 5.56 Å². The van der Waals surface area contributed by atoms with E-state index in [4.69, 9.17) is 5.11 Å². The smallest absolute Gasteiger partial charge is 0.337 e. The van der Waals surface area contributed by atoms with Crippen LogP contribution in [-0.4, -0.2) is 15.6 Å². The van der Waals surface area contributed by atoms with Crippen molar-refractivity contribution in [1.82, 2.24) is 4.57 Å². The van der Waals surface area contributed by atoms with Gasteiger partial charge in [-0.25, -0.2) is 4.79 Å². The van der Waals surface area contributed by atoms with Gasteiger partial charge in [-0.2, -0.15) is 0 Å². The van der Waals surface area contributed by atoms with Crippen molar-refractivity contribution in [2.45, 2.75) is 31.7 Å². The molecular weight excluding hydrogens is 218 g/mol. The summed E-state index contributed by atoms with van der Waals surface area (Å²) in [5, 5.41) is 8.96. The van der Waals surface area contributed by atoms with Gasteiger partial charge in [-0.1, -0.05) is 6.42 Å². The summed E-state index contributed by atoms with van der Waals surface area (Å²) in [6.07, 6.45) is 6.20. The molecule has 1 N–H and O–H groups in total. The van der Waals surface area contributed by atoms with E-state index in [1.807, 2.05) is 0 Å². The number of aromatic nitrogens is 1. The number of carboxylic acid groups (broad SMARTS) is 1. The van der Waals surface area contributed by atoms with Crippen LogP contribution in [0.4, 0.5) is 0 Å². The molecule has 4 heteroatoms. The van der Waals surface area contributed by atoms with E-state index >= 15 is 0 Å². The minimum atomic E-state index is -0.970. The van der Waals surface area contributed by atoms with Crippen LogP contribution in [0.5, 0.6) is 0 Å². The molecule has 1 aromatic rings. The summed E-state index contributed by atoms with van der Waals surface area (Å²) in [7, 11) is 0. The minimum Gasteiger partial charge on any atom is -0.478 e. The third-order valence-corrected chi connectivity index (χ3v) is 4.24. The van der Waals surface area contributed by atoms with E-state index in [0.29, 0.717) is 5.92 Å². The van der Waals surface area contributed by atoms with E-state index in [2.05, 4.69) is 0 Å². The molecule has 3 rings (SSSR count). The zero-order valence-electron chi connectivity index (χ0n) is 9.50. The molecule has 0 aliphatic heterocycles. The van der Waals surface area contributed by atoms with Gasteiger partial charge in [0, 0.05) is 18.3 Å². The van der Waals surface area contributed by atoms with Gasteiger partial charge in [-0.05, 0) is 37.2 Å². The van der Waals surface area contributed by atoms with Gasteiger partial charge in [0.15, 0.2) is 0 Å². The molecule has 0 saturated heterocycles. The van der Waals surface area contributed by atoms with E-state index in [1.165, 1.54) is 37.6 Å². The highest BCUT2D eigenvalue weighted by Crippen LogP contribution is 2.50. The quantitative estimate of drug-likeness (QED) is 0.848. The van der Waals surface area contributed by atoms with Crippen LogP contribution >= 0.6 is 0 Å². The molecule has 90 valence electrons. The molecule has 0 spiro atoms. The molecule has 0 aromatic carbocycles. The molecule has 4 nitrogen and oxygen atoms in total. The fourth-order valence-corrected chi connectivity index (χ4v) is 3.44. The molecular formula is C13H15NO3. The predicted molar refractivity (Wildman–Crippen MR) is 62.1 cm³/mol. The number of aromatic carboxylic acids is 1. The second-order valence-electron chi connectivity index (χ2n) is 5.21. The number of fused-ring (bicyclic) bond motifs is 2. The lowest BCUT2D eigenvalue weighted by Crippen LogP contribution is -2.28. The van der Waals surface area contributed by atoms with Gasteiger partial charge < -0.3 is 9.67 Å². The molecule has 1 heterocycles. The average Bonchev–Trinajstić information content (AvgIpc) is 2.91. The number of rotatable bonds is 2. The SMILES string of the molecule is O=C(O)c1ccc(=O)n(C2CC3CCC2C3)c1. The normalized spacial score (nSPS) is 30.7. The van der Waals surface area contributed by atoms with Crippen LogP contribution in [-0.2, 0) is 0 Å². The first-order valence-electron chi connectivity index (χ1n) is 6.10. The highest BCUT2D eigenvalue weighted by atomic mass is 16.4. The van der Waals surface area contributed by atoms with E-state index in [-0.39, 0.29) is 17.2 Å². The van der Waals surface area contributed by atoms with Gasteiger partial charge in [0.25, 0.3) is 5.56 Å². The molecule has 3 atom stereocenters. The van der Waals surface area contributed by atoms with E-state index in [9.17, 15) is 9.59 Å². The third-order valence-electron chi connectivity index (χ3n) is 4.24. The Labute approximate surface area is 98.9 Å². The largest absolute Gasteiger partial charge is 0.478 e. The van der Waals surface area contributed by atoms with Gasteiger partial charge >= 0.3 is 5.97 Å². The highest BCUT2D eigenvalue weighted by Gasteiger charge is 2.40. The molecule has 2 fully saturated rings. The summed E-state index contributed by atoms with van der Waals surface area (Å²) in [4.78, 5) is 22.8. The Morgan fingerprint density at radius 3 is 2.71 bits per heavy atom. The lowest BCUT2D eigenvalue weighted by Gasteiger charge is -2.24. The van der Waals surface area contributed by atoms with Crippen LogP contribution in [0.2, 0.25) is 0 Å². The van der Waals surface area contributed by atoms with Crippen molar-refractivity contribution >= 4 is 5.97 Å². The Bertz CT molecular complexity index is 520. The first-order valence-corrected chi connectivity index (χ1v) is 6.10. The number of hydrogen-bond donors (Lipinski definition) is 1. The Morgan fingerprint density at radius 2 is 2.12 bits per heavy atom. The van der Waals surface area contributed by atoms with Crippen molar-refractivity contribution < 1.29 is 9.90 Å². The fraction of sp³-hybridized carbons (Fsp3) is 0.538. The predicted octanol–water partition coefficient (Wildman–Crippen LogP) is 1.91. The molecule has 1 aromatic heterocycles. The van der Waals surface area contributed by atoms with Crippen LogP contribution in [0.15, 0.2) is 23.1 Å². The second-order valence-corrected chi connectivity index (χ2v) is 5.21. The van der Waals surface area contributed by atoms with Gasteiger partial charge in [-0.3, -0.25) is 4.79 Å². The number of carboxylic acids is 1. The Morgan fingerprint density at radius 1 is 1.29 bits per heavy atom. The summed E-state index contributed by atoms with van der Waals surface area (Å²) in [5.74, 6) is 0.342. The topological polar surface area (TPSA) is 59.3 Å². The van der Waals surface area contributed by atoms with Gasteiger partial charge in [-0.15, -0.1) is 0 Å². The monoisotopic (exact) mass is 233 g/mol. The lowest BCUT2D eigenvalue weighted by atomic mass is 9.95. The number of pyridine rings is 1. The highest BCUT2D eigenvalue weighted by molar-refractivity contribution is 5.87. The van der Waals surface area contributed by atoms with Crippen LogP contribution in [0.3, 0.4) is 0 Å². The first kappa shape index (κ1) is 10.6. The van der Waals surface area contributed by atoms with Crippen LogP contribution in [0.25, 0.3) is 0 Å². The molecule has 2 aliphatic rings. The van der Waals surface area contributed by atoms with E-state index in [0.717, 1.165) is 12.3 Å². The van der Waals surface area contributed by atoms with Crippen molar-refractivity contribution in [1.29, 1.82) is 0 Å². The molecule has 2 saturated carbocycles. The van der Waals surface area contributed by atoms with Crippen molar-refractivity contribution in [3.63, 3.8) is 0 Å². The van der Waals surface area contributed by atoms with Crippen LogP contribution in [0.1, 0.15) is 42.1 Å². The maximum atomic E-state index is 11.8. The molecule has 0 amide bonds. The molecule has 3 unspecified atom stereocenters. The average molecular weight is 233 g/mol. The van der Waals surface area contributed by atoms with Crippen molar-refractivity contribution in [2.24, 2.45) is 11.8 Å². The van der Waals surface area contributed by atoms with E-state index in [1.54, 1.807) is 4.57 Å². The van der Waals surface area contributed by atoms with E-state index < -0.39 is 5.97 Å². The summed E-state index contributed by atoms with van der Waals surface area (Å²) in [6.45, 7) is 0. The van der Waals surface area contributed by atoms with Crippen molar-refractivity contribution in [3.05, 3.63) is 34.2 Å². The third kappa shape index (κ3) is 1.68. The zero-order chi connectivity index (χ0) is 12.0. The first-order chi connectivity index (χ1) is 8.15. The van der Waals surface area contributed by atoms with Gasteiger partial charge in [0.2, 0.25) is 0 Å². The number of nitrogens with zero attached hydrogens (tertiary/aromatic N) is 1. The summed E-state index contributed by atoms with van der Waals surface area (Å²) in [5.41, 5.74) is 0.125. The zero-order valence-corrected chi connectivity index (χ0v) is 9.50. The standard InChI is InChI=1S/C13H15NO3/c15-12-4-3-10(13(16)17)7-14(12)11-6-8-1-2-9(11)5-8/h3-4,7-9,11H,1-2,5-6H2,(H,16,17). The van der Waals surface area contributed by atoms with Gasteiger partial charge in [0.1, 0.15) is 0 Å².